The van der Waals surface area contributed by atoms with E-state index in [-0.39, 0.29) is 0 Å². The summed E-state index contributed by atoms with van der Waals surface area (Å²) in [6, 6.07) is 6.50. The van der Waals surface area contributed by atoms with Gasteiger partial charge in [-0.3, -0.25) is 4.99 Å². The van der Waals surface area contributed by atoms with Gasteiger partial charge in [0.05, 0.1) is 0 Å². The minimum absolute atomic E-state index is 0.900. The van der Waals surface area contributed by atoms with E-state index < -0.39 is 0 Å². The Bertz CT molecular complexity index is 798. The fourth-order valence-corrected chi connectivity index (χ4v) is 3.19. The van der Waals surface area contributed by atoms with Gasteiger partial charge in [0.25, 0.3) is 0 Å². The molecule has 0 saturated carbocycles. The summed E-state index contributed by atoms with van der Waals surface area (Å²) in [6.07, 6.45) is 16.5. The smallest absolute Gasteiger partial charge is 0.0429 e. The molecular formula is C27H37N. The van der Waals surface area contributed by atoms with Crippen molar-refractivity contribution < 1.29 is 0 Å². The van der Waals surface area contributed by atoms with Crippen molar-refractivity contribution in [2.75, 3.05) is 0 Å². The summed E-state index contributed by atoms with van der Waals surface area (Å²) in [7, 11) is 0. The first-order valence-electron chi connectivity index (χ1n) is 10.4. The molecule has 0 aliphatic carbocycles. The van der Waals surface area contributed by atoms with Crippen LogP contribution in [-0.2, 0) is 0 Å². The topological polar surface area (TPSA) is 12.4 Å². The van der Waals surface area contributed by atoms with Crippen molar-refractivity contribution in [3.8, 4) is 0 Å². The number of rotatable bonds is 10. The highest BCUT2D eigenvalue weighted by molar-refractivity contribution is 5.86. The first kappa shape index (κ1) is 23.6. The molecule has 0 heterocycles. The van der Waals surface area contributed by atoms with E-state index in [1.165, 1.54) is 39.2 Å². The van der Waals surface area contributed by atoms with Crippen molar-refractivity contribution in [1.82, 2.24) is 0 Å². The molecule has 1 rings (SSSR count). The van der Waals surface area contributed by atoms with Crippen molar-refractivity contribution in [1.29, 1.82) is 0 Å². The van der Waals surface area contributed by atoms with Gasteiger partial charge in [-0.25, -0.2) is 0 Å². The van der Waals surface area contributed by atoms with E-state index in [1.807, 2.05) is 13.0 Å². The van der Waals surface area contributed by atoms with Crippen molar-refractivity contribution in [2.45, 2.75) is 67.2 Å². The van der Waals surface area contributed by atoms with Crippen molar-refractivity contribution in [3.05, 3.63) is 89.2 Å². The number of nitrogens with zero attached hydrogens (tertiary/aromatic N) is 1. The van der Waals surface area contributed by atoms with Crippen LogP contribution in [0.4, 0.5) is 0 Å². The lowest BCUT2D eigenvalue weighted by Gasteiger charge is -2.11. The Morgan fingerprint density at radius 2 is 1.79 bits per heavy atom. The van der Waals surface area contributed by atoms with E-state index >= 15 is 0 Å². The summed E-state index contributed by atoms with van der Waals surface area (Å²) in [5, 5.41) is 0. The highest BCUT2D eigenvalue weighted by atomic mass is 14.8. The lowest BCUT2D eigenvalue weighted by molar-refractivity contribution is 1.02. The van der Waals surface area contributed by atoms with Crippen molar-refractivity contribution in [3.63, 3.8) is 0 Å². The van der Waals surface area contributed by atoms with E-state index in [0.29, 0.717) is 0 Å². The minimum Gasteiger partial charge on any atom is -0.262 e. The van der Waals surface area contributed by atoms with Crippen LogP contribution in [0.2, 0.25) is 0 Å². The molecule has 0 fully saturated rings. The maximum Gasteiger partial charge on any atom is 0.0429 e. The fourth-order valence-electron chi connectivity index (χ4n) is 3.19. The number of benzene rings is 1. The Kier molecular flexibility index (Phi) is 10.9. The van der Waals surface area contributed by atoms with Gasteiger partial charge < -0.3 is 0 Å². The third-order valence-corrected chi connectivity index (χ3v) is 5.04. The van der Waals surface area contributed by atoms with Crippen molar-refractivity contribution >= 4 is 11.3 Å². The van der Waals surface area contributed by atoms with Gasteiger partial charge in [-0.1, -0.05) is 75.1 Å². The van der Waals surface area contributed by atoms with Gasteiger partial charge in [0.1, 0.15) is 0 Å². The Balaban J connectivity index is 2.93. The maximum atomic E-state index is 4.93. The number of hydrogen-bond donors (Lipinski definition) is 0. The highest BCUT2D eigenvalue weighted by Crippen LogP contribution is 2.25. The summed E-state index contributed by atoms with van der Waals surface area (Å²) < 4.78 is 0. The van der Waals surface area contributed by atoms with Crippen LogP contribution in [-0.4, -0.2) is 5.71 Å². The Morgan fingerprint density at radius 1 is 1.07 bits per heavy atom. The van der Waals surface area contributed by atoms with Crippen LogP contribution < -0.4 is 0 Å². The van der Waals surface area contributed by atoms with Gasteiger partial charge in [0.2, 0.25) is 0 Å². The van der Waals surface area contributed by atoms with Gasteiger partial charge in [0, 0.05) is 17.8 Å². The van der Waals surface area contributed by atoms with Gasteiger partial charge in [-0.15, -0.1) is 0 Å². The molecule has 0 N–H and O–H groups in total. The summed E-state index contributed by atoms with van der Waals surface area (Å²) >= 11 is 0. The predicted molar refractivity (Wildman–Crippen MR) is 128 cm³/mol. The maximum absolute atomic E-state index is 4.93. The average molecular weight is 376 g/mol. The molecule has 1 nitrogen and oxygen atoms in total. The van der Waals surface area contributed by atoms with Gasteiger partial charge in [-0.05, 0) is 74.8 Å². The molecule has 0 bridgehead atoms. The second-order valence-corrected chi connectivity index (χ2v) is 7.07. The van der Waals surface area contributed by atoms with Crippen LogP contribution in [0.5, 0.6) is 0 Å². The highest BCUT2D eigenvalue weighted by Gasteiger charge is 2.05. The molecule has 1 aromatic carbocycles. The summed E-state index contributed by atoms with van der Waals surface area (Å²) in [4.78, 5) is 4.93. The van der Waals surface area contributed by atoms with E-state index in [0.717, 1.165) is 25.7 Å². The molecular weight excluding hydrogens is 338 g/mol. The number of aryl methyl sites for hydroxylation is 1. The van der Waals surface area contributed by atoms with Crippen LogP contribution >= 0.6 is 0 Å². The molecule has 0 amide bonds. The second kappa shape index (κ2) is 12.9. The van der Waals surface area contributed by atoms with E-state index in [9.17, 15) is 0 Å². The zero-order valence-corrected chi connectivity index (χ0v) is 18.7. The summed E-state index contributed by atoms with van der Waals surface area (Å²) in [5.41, 5.74) is 8.96. The predicted octanol–water partition coefficient (Wildman–Crippen LogP) is 8.32. The summed E-state index contributed by atoms with van der Waals surface area (Å²) in [5.74, 6) is 0. The molecule has 0 aliphatic heterocycles. The number of allylic oxidation sites excluding steroid dienone is 9. The standard InChI is InChI=1S/C27H37N/c1-8-15-22(6)27(11-4)28-25(10-3)19-13-12-18-24(16-9-2)26-20-14-17-21(5)23(26)7/h8-9,12-17,20H,2,10-11,18-19H2,1,3-7H3/b13-12-,15-8-,24-16-,27-22+,28-25?. The quantitative estimate of drug-likeness (QED) is 0.221. The third kappa shape index (κ3) is 7.31. The molecule has 0 radical (unpaired) electrons. The molecule has 0 unspecified atom stereocenters. The van der Waals surface area contributed by atoms with Crippen LogP contribution in [0, 0.1) is 13.8 Å². The van der Waals surface area contributed by atoms with E-state index in [1.54, 1.807) is 0 Å². The molecule has 0 saturated heterocycles. The third-order valence-electron chi connectivity index (χ3n) is 5.04. The number of aliphatic imine (C=N–C) groups is 1. The number of hydrogen-bond acceptors (Lipinski definition) is 1. The van der Waals surface area contributed by atoms with Gasteiger partial charge >= 0.3 is 0 Å². The molecule has 0 spiro atoms. The lowest BCUT2D eigenvalue weighted by Crippen LogP contribution is -1.96. The summed E-state index contributed by atoms with van der Waals surface area (Å²) in [6.45, 7) is 16.8. The van der Waals surface area contributed by atoms with Crippen LogP contribution in [0.1, 0.15) is 70.1 Å². The van der Waals surface area contributed by atoms with Crippen LogP contribution in [0.15, 0.2) is 77.5 Å². The average Bonchev–Trinajstić information content (AvgIpc) is 2.69. The SMILES string of the molecule is C=C/C=C(/C/C=C\CC(CC)=N/C(CC)=C(C)/C=C\C)c1cccc(C)c1C. The molecule has 28 heavy (non-hydrogen) atoms. The zero-order chi connectivity index (χ0) is 20.9. The van der Waals surface area contributed by atoms with E-state index in [4.69, 9.17) is 4.99 Å². The first-order chi connectivity index (χ1) is 13.5. The molecule has 150 valence electrons. The van der Waals surface area contributed by atoms with Gasteiger partial charge in [-0.2, -0.15) is 0 Å². The molecule has 0 atom stereocenters. The largest absolute Gasteiger partial charge is 0.262 e. The Hall–Kier alpha value is -2.41. The minimum atomic E-state index is 0.900. The van der Waals surface area contributed by atoms with Crippen LogP contribution in [0.25, 0.3) is 5.57 Å². The van der Waals surface area contributed by atoms with E-state index in [2.05, 4.69) is 89.8 Å². The fraction of sp³-hybridized carbons (Fsp3) is 0.370. The molecule has 0 aliphatic rings. The second-order valence-electron chi connectivity index (χ2n) is 7.07. The normalized spacial score (nSPS) is 14.1. The molecule has 1 heteroatoms. The van der Waals surface area contributed by atoms with Crippen molar-refractivity contribution in [2.24, 2.45) is 4.99 Å². The Morgan fingerprint density at radius 3 is 2.39 bits per heavy atom. The lowest BCUT2D eigenvalue weighted by atomic mass is 9.94. The monoisotopic (exact) mass is 375 g/mol. The molecule has 1 aromatic rings. The zero-order valence-electron chi connectivity index (χ0n) is 18.7. The van der Waals surface area contributed by atoms with Crippen LogP contribution in [0.3, 0.4) is 0 Å². The molecule has 0 aromatic heterocycles. The Labute approximate surface area is 173 Å². The first-order valence-corrected chi connectivity index (χ1v) is 10.4. The van der Waals surface area contributed by atoms with Gasteiger partial charge in [0.15, 0.2) is 0 Å².